The van der Waals surface area contributed by atoms with Crippen LogP contribution in [0.15, 0.2) is 103 Å². The molecule has 0 spiro atoms. The molecule has 40 heavy (non-hydrogen) atoms. The number of hydrogen-bond acceptors (Lipinski definition) is 3. The van der Waals surface area contributed by atoms with Gasteiger partial charge in [0, 0.05) is 18.5 Å². The summed E-state index contributed by atoms with van der Waals surface area (Å²) in [5.41, 5.74) is 1.08. The summed E-state index contributed by atoms with van der Waals surface area (Å²) >= 11 is 0. The molecule has 0 amide bonds. The van der Waals surface area contributed by atoms with Gasteiger partial charge in [0.2, 0.25) is 0 Å². The third-order valence-electron chi connectivity index (χ3n) is 6.26. The van der Waals surface area contributed by atoms with Crippen molar-refractivity contribution in [3.8, 4) is 11.5 Å². The second kappa shape index (κ2) is 12.0. The summed E-state index contributed by atoms with van der Waals surface area (Å²) in [6.07, 6.45) is -9.68. The van der Waals surface area contributed by atoms with Crippen molar-refractivity contribution in [2.45, 2.75) is 31.1 Å². The van der Waals surface area contributed by atoms with Gasteiger partial charge in [0.25, 0.3) is 0 Å². The second-order valence-electron chi connectivity index (χ2n) is 9.13. The van der Waals surface area contributed by atoms with E-state index in [-0.39, 0.29) is 19.5 Å². The van der Waals surface area contributed by atoms with Crippen LogP contribution in [0.25, 0.3) is 0 Å². The van der Waals surface area contributed by atoms with Crippen LogP contribution >= 0.6 is 0 Å². The molecule has 1 N–H and O–H groups in total. The molecule has 4 aromatic carbocycles. The maximum atomic E-state index is 13.4. The fourth-order valence-corrected chi connectivity index (χ4v) is 4.59. The first-order chi connectivity index (χ1) is 18.9. The van der Waals surface area contributed by atoms with E-state index in [9.17, 15) is 30.7 Å². The van der Waals surface area contributed by atoms with E-state index in [1.807, 2.05) is 12.1 Å². The van der Waals surface area contributed by atoms with Crippen LogP contribution < -0.4 is 14.8 Å². The molecule has 0 unspecified atom stereocenters. The molecule has 0 atom stereocenters. The van der Waals surface area contributed by atoms with Gasteiger partial charge in [0.15, 0.2) is 0 Å². The van der Waals surface area contributed by atoms with E-state index in [1.54, 1.807) is 42.5 Å². The molecule has 0 saturated heterocycles. The van der Waals surface area contributed by atoms with Gasteiger partial charge in [-0.3, -0.25) is 0 Å². The summed E-state index contributed by atoms with van der Waals surface area (Å²) in [5, 5.41) is 3.27. The molecular formula is C30H24F7NO2. The molecule has 0 radical (unpaired) electrons. The maximum Gasteiger partial charge on any atom is 0.573 e. The van der Waals surface area contributed by atoms with E-state index in [0.717, 1.165) is 23.3 Å². The highest BCUT2D eigenvalue weighted by molar-refractivity contribution is 5.47. The molecule has 210 valence electrons. The first kappa shape index (κ1) is 28.9. The van der Waals surface area contributed by atoms with Crippen molar-refractivity contribution >= 4 is 0 Å². The van der Waals surface area contributed by atoms with Crippen molar-refractivity contribution in [2.75, 3.05) is 6.54 Å². The van der Waals surface area contributed by atoms with Gasteiger partial charge in [-0.2, -0.15) is 0 Å². The third kappa shape index (κ3) is 7.98. The molecule has 0 aliphatic carbocycles. The number of hydrogen-bond donors (Lipinski definition) is 1. The van der Waals surface area contributed by atoms with Gasteiger partial charge in [0.1, 0.15) is 17.3 Å². The lowest BCUT2D eigenvalue weighted by molar-refractivity contribution is -0.275. The van der Waals surface area contributed by atoms with Gasteiger partial charge in [-0.15, -0.1) is 26.3 Å². The highest BCUT2D eigenvalue weighted by Crippen LogP contribution is 2.40. The fraction of sp³-hybridized carbons (Fsp3) is 0.200. The van der Waals surface area contributed by atoms with E-state index < -0.39 is 35.5 Å². The number of benzene rings is 4. The topological polar surface area (TPSA) is 30.5 Å². The zero-order valence-electron chi connectivity index (χ0n) is 20.9. The Hall–Kier alpha value is -4.05. The largest absolute Gasteiger partial charge is 0.573 e. The van der Waals surface area contributed by atoms with Crippen LogP contribution in [0.3, 0.4) is 0 Å². The zero-order valence-corrected chi connectivity index (χ0v) is 20.9. The Balaban J connectivity index is 1.83. The molecule has 0 aliphatic rings. The standard InChI is InChI=1S/C30H24F7NO2/c31-25-14-12-22(13-15-25)19-38-20-28(18-21-6-2-1-3-7-21,23-8-4-10-26(16-23)39-29(32,33)34)24-9-5-11-27(17-24)40-30(35,36)37/h1-17,38H,18-20H2. The molecule has 0 heterocycles. The van der Waals surface area contributed by atoms with Crippen LogP contribution in [0.2, 0.25) is 0 Å². The summed E-state index contributed by atoms with van der Waals surface area (Å²) in [5.74, 6) is -1.35. The predicted molar refractivity (Wildman–Crippen MR) is 135 cm³/mol. The Kier molecular flexibility index (Phi) is 8.68. The summed E-state index contributed by atoms with van der Waals surface area (Å²) in [4.78, 5) is 0. The quantitative estimate of drug-likeness (QED) is 0.199. The number of rotatable bonds is 10. The van der Waals surface area contributed by atoms with Crippen molar-refractivity contribution in [1.29, 1.82) is 0 Å². The average molecular weight is 564 g/mol. The van der Waals surface area contributed by atoms with E-state index in [4.69, 9.17) is 0 Å². The summed E-state index contributed by atoms with van der Waals surface area (Å²) in [7, 11) is 0. The van der Waals surface area contributed by atoms with Gasteiger partial charge in [-0.25, -0.2) is 4.39 Å². The molecule has 4 rings (SSSR count). The lowest BCUT2D eigenvalue weighted by Crippen LogP contribution is -2.41. The molecule has 4 aromatic rings. The predicted octanol–water partition coefficient (Wildman–Crippen LogP) is 7.94. The lowest BCUT2D eigenvalue weighted by atomic mass is 9.70. The first-order valence-electron chi connectivity index (χ1n) is 12.1. The van der Waals surface area contributed by atoms with E-state index in [2.05, 4.69) is 14.8 Å². The van der Waals surface area contributed by atoms with Crippen molar-refractivity contribution in [2.24, 2.45) is 0 Å². The monoisotopic (exact) mass is 563 g/mol. The van der Waals surface area contributed by atoms with Crippen LogP contribution in [0, 0.1) is 5.82 Å². The minimum absolute atomic E-state index is 0.0875. The molecule has 0 bridgehead atoms. The normalized spacial score (nSPS) is 12.3. The van der Waals surface area contributed by atoms with Crippen molar-refractivity contribution in [3.63, 3.8) is 0 Å². The number of alkyl halides is 6. The number of nitrogens with one attached hydrogen (secondary N) is 1. The summed E-state index contributed by atoms with van der Waals surface area (Å²) in [6.45, 7) is 0.346. The first-order valence-corrected chi connectivity index (χ1v) is 12.1. The highest BCUT2D eigenvalue weighted by atomic mass is 19.4. The van der Waals surface area contributed by atoms with Crippen LogP contribution in [0.4, 0.5) is 30.7 Å². The summed E-state index contributed by atoms with van der Waals surface area (Å²) < 4.78 is 100. The zero-order chi connectivity index (χ0) is 28.8. The number of ether oxygens (including phenoxy) is 2. The molecule has 0 fully saturated rings. The highest BCUT2D eigenvalue weighted by Gasteiger charge is 2.38. The van der Waals surface area contributed by atoms with E-state index in [0.29, 0.717) is 11.1 Å². The van der Waals surface area contributed by atoms with Crippen molar-refractivity contribution in [3.05, 3.63) is 131 Å². The van der Waals surface area contributed by atoms with Gasteiger partial charge in [-0.05, 0) is 65.1 Å². The van der Waals surface area contributed by atoms with Crippen LogP contribution in [-0.4, -0.2) is 19.3 Å². The fourth-order valence-electron chi connectivity index (χ4n) is 4.59. The SMILES string of the molecule is Fc1ccc(CNCC(Cc2ccccc2)(c2cccc(OC(F)(F)F)c2)c2cccc(OC(F)(F)F)c2)cc1. The molecule has 10 heteroatoms. The molecular weight excluding hydrogens is 539 g/mol. The van der Waals surface area contributed by atoms with Gasteiger partial charge < -0.3 is 14.8 Å². The minimum atomic E-state index is -4.94. The van der Waals surface area contributed by atoms with Crippen molar-refractivity contribution in [1.82, 2.24) is 5.32 Å². The minimum Gasteiger partial charge on any atom is -0.406 e. The van der Waals surface area contributed by atoms with E-state index in [1.165, 1.54) is 36.4 Å². The third-order valence-corrected chi connectivity index (χ3v) is 6.26. The molecule has 0 aromatic heterocycles. The van der Waals surface area contributed by atoms with Crippen molar-refractivity contribution < 1.29 is 40.2 Å². The smallest absolute Gasteiger partial charge is 0.406 e. The Morgan fingerprint density at radius 3 is 1.60 bits per heavy atom. The lowest BCUT2D eigenvalue weighted by Gasteiger charge is -2.36. The Bertz CT molecular complexity index is 1330. The van der Waals surface area contributed by atoms with Gasteiger partial charge in [0.05, 0.1) is 0 Å². The maximum absolute atomic E-state index is 13.4. The van der Waals surface area contributed by atoms with E-state index >= 15 is 0 Å². The van der Waals surface area contributed by atoms with Crippen LogP contribution in [0.1, 0.15) is 22.3 Å². The second-order valence-corrected chi connectivity index (χ2v) is 9.13. The summed E-state index contributed by atoms with van der Waals surface area (Å²) in [6, 6.07) is 25.5. The Morgan fingerprint density at radius 1 is 0.575 bits per heavy atom. The number of halogens is 7. The molecule has 0 aliphatic heterocycles. The Labute approximate surface area is 226 Å². The van der Waals surface area contributed by atoms with Crippen LogP contribution in [-0.2, 0) is 18.4 Å². The Morgan fingerprint density at radius 2 is 1.10 bits per heavy atom. The average Bonchev–Trinajstić information content (AvgIpc) is 2.88. The molecule has 3 nitrogen and oxygen atoms in total. The van der Waals surface area contributed by atoms with Gasteiger partial charge >= 0.3 is 12.7 Å². The van der Waals surface area contributed by atoms with Gasteiger partial charge in [-0.1, -0.05) is 66.7 Å². The molecule has 0 saturated carbocycles. The van der Waals surface area contributed by atoms with Crippen LogP contribution in [0.5, 0.6) is 11.5 Å².